The molecule has 170 valence electrons. The first-order chi connectivity index (χ1) is 15.2. The van der Waals surface area contributed by atoms with Crippen molar-refractivity contribution in [3.8, 4) is 0 Å². The molecule has 7 heteroatoms. The summed E-state index contributed by atoms with van der Waals surface area (Å²) in [6.07, 6.45) is 12.6. The molecule has 3 fully saturated rings. The third kappa shape index (κ3) is 4.76. The molecule has 1 N–H and O–H groups in total. The standard InChI is InChI=1S/C24H36N4O2S/c29-22(25-16-17-5-2-1-3-6-17)19-9-10-20-21(15-19)31-24(26-20)28-13-11-27(12-14-28)23(30)18-7-4-8-18/h17-19H,1-16H2,(H,25,29). The summed E-state index contributed by atoms with van der Waals surface area (Å²) >= 11 is 1.77. The molecule has 1 aliphatic heterocycles. The predicted octanol–water partition coefficient (Wildman–Crippen LogP) is 3.39. The molecule has 0 radical (unpaired) electrons. The van der Waals surface area contributed by atoms with Crippen molar-refractivity contribution in [3.63, 3.8) is 0 Å². The van der Waals surface area contributed by atoms with Gasteiger partial charge in [-0.3, -0.25) is 9.59 Å². The number of carbonyl (C=O) groups is 2. The molecule has 5 rings (SSSR count). The van der Waals surface area contributed by atoms with E-state index >= 15 is 0 Å². The molecule has 0 bridgehead atoms. The van der Waals surface area contributed by atoms with Gasteiger partial charge in [0.25, 0.3) is 0 Å². The van der Waals surface area contributed by atoms with Crippen LogP contribution < -0.4 is 10.2 Å². The molecule has 0 aromatic carbocycles. The average Bonchev–Trinajstić information content (AvgIpc) is 3.20. The summed E-state index contributed by atoms with van der Waals surface area (Å²) in [6.45, 7) is 4.23. The molecule has 1 saturated heterocycles. The van der Waals surface area contributed by atoms with Gasteiger partial charge in [-0.15, -0.1) is 11.3 Å². The second-order valence-corrected chi connectivity index (χ2v) is 11.1. The van der Waals surface area contributed by atoms with Gasteiger partial charge in [-0.2, -0.15) is 0 Å². The Morgan fingerprint density at radius 2 is 1.71 bits per heavy atom. The molecule has 2 amide bonds. The summed E-state index contributed by atoms with van der Waals surface area (Å²) in [7, 11) is 0. The summed E-state index contributed by atoms with van der Waals surface area (Å²) in [5.74, 6) is 1.68. The molecule has 1 unspecified atom stereocenters. The van der Waals surface area contributed by atoms with Crippen molar-refractivity contribution < 1.29 is 9.59 Å². The molecule has 3 aliphatic carbocycles. The number of piperazine rings is 1. The number of hydrogen-bond donors (Lipinski definition) is 1. The number of anilines is 1. The molecular formula is C24H36N4O2S. The molecule has 1 atom stereocenters. The van der Waals surface area contributed by atoms with Crippen molar-refractivity contribution in [3.05, 3.63) is 10.6 Å². The van der Waals surface area contributed by atoms with Gasteiger partial charge >= 0.3 is 0 Å². The van der Waals surface area contributed by atoms with E-state index in [9.17, 15) is 9.59 Å². The number of amides is 2. The van der Waals surface area contributed by atoms with Crippen LogP contribution in [-0.2, 0) is 22.4 Å². The van der Waals surface area contributed by atoms with Gasteiger partial charge in [0.2, 0.25) is 11.8 Å². The van der Waals surface area contributed by atoms with Crippen LogP contribution in [0.2, 0.25) is 0 Å². The average molecular weight is 445 g/mol. The highest BCUT2D eigenvalue weighted by molar-refractivity contribution is 7.15. The Morgan fingerprint density at radius 3 is 2.42 bits per heavy atom. The van der Waals surface area contributed by atoms with E-state index in [2.05, 4.69) is 15.1 Å². The second kappa shape index (κ2) is 9.47. The molecule has 2 heterocycles. The lowest BCUT2D eigenvalue weighted by Gasteiger charge is -2.38. The van der Waals surface area contributed by atoms with Gasteiger partial charge < -0.3 is 15.1 Å². The first-order valence-corrected chi connectivity index (χ1v) is 13.3. The lowest BCUT2D eigenvalue weighted by molar-refractivity contribution is -0.138. The van der Waals surface area contributed by atoms with Crippen molar-refractivity contribution >= 4 is 28.3 Å². The van der Waals surface area contributed by atoms with Gasteiger partial charge in [0.05, 0.1) is 5.69 Å². The lowest BCUT2D eigenvalue weighted by Crippen LogP contribution is -2.51. The van der Waals surface area contributed by atoms with E-state index in [1.807, 2.05) is 0 Å². The van der Waals surface area contributed by atoms with Gasteiger partial charge in [-0.1, -0.05) is 25.7 Å². The summed E-state index contributed by atoms with van der Waals surface area (Å²) in [6, 6.07) is 0. The topological polar surface area (TPSA) is 65.5 Å². The second-order valence-electron chi connectivity index (χ2n) is 10.00. The maximum atomic E-state index is 12.8. The number of fused-ring (bicyclic) bond motifs is 1. The van der Waals surface area contributed by atoms with E-state index in [-0.39, 0.29) is 11.8 Å². The number of carbonyl (C=O) groups excluding carboxylic acids is 2. The van der Waals surface area contributed by atoms with Crippen molar-refractivity contribution in [1.82, 2.24) is 15.2 Å². The number of nitrogens with zero attached hydrogens (tertiary/aromatic N) is 3. The highest BCUT2D eigenvalue weighted by Crippen LogP contribution is 2.35. The lowest BCUT2D eigenvalue weighted by atomic mass is 9.84. The number of hydrogen-bond acceptors (Lipinski definition) is 5. The van der Waals surface area contributed by atoms with Crippen molar-refractivity contribution in [2.45, 2.75) is 70.6 Å². The maximum absolute atomic E-state index is 12.8. The summed E-state index contributed by atoms with van der Waals surface area (Å²) in [5.41, 5.74) is 1.20. The van der Waals surface area contributed by atoms with Crippen LogP contribution in [0.1, 0.15) is 68.4 Å². The Kier molecular flexibility index (Phi) is 6.49. The SMILES string of the molecule is O=C(NCC1CCCCC1)C1CCc2nc(N3CCN(C(=O)C4CCC4)CC3)sc2C1. The first-order valence-electron chi connectivity index (χ1n) is 12.5. The van der Waals surface area contributed by atoms with Crippen molar-refractivity contribution in [1.29, 1.82) is 0 Å². The highest BCUT2D eigenvalue weighted by atomic mass is 32.1. The Bertz CT molecular complexity index is 791. The fourth-order valence-electron chi connectivity index (χ4n) is 5.53. The van der Waals surface area contributed by atoms with Gasteiger partial charge in [0.1, 0.15) is 0 Å². The zero-order valence-corrected chi connectivity index (χ0v) is 19.4. The van der Waals surface area contributed by atoms with Gasteiger partial charge in [0.15, 0.2) is 5.13 Å². The fraction of sp³-hybridized carbons (Fsp3) is 0.792. The largest absolute Gasteiger partial charge is 0.356 e. The Balaban J connectivity index is 1.12. The zero-order valence-electron chi connectivity index (χ0n) is 18.6. The molecular weight excluding hydrogens is 408 g/mol. The molecule has 1 aromatic rings. The molecule has 0 spiro atoms. The molecule has 1 aromatic heterocycles. The zero-order chi connectivity index (χ0) is 21.2. The highest BCUT2D eigenvalue weighted by Gasteiger charge is 2.33. The van der Waals surface area contributed by atoms with Crippen LogP contribution in [0, 0.1) is 17.8 Å². The number of aryl methyl sites for hydroxylation is 1. The van der Waals surface area contributed by atoms with Gasteiger partial charge in [-0.25, -0.2) is 4.98 Å². The summed E-state index contributed by atoms with van der Waals surface area (Å²) in [5, 5.41) is 4.34. The quantitative estimate of drug-likeness (QED) is 0.756. The Morgan fingerprint density at radius 1 is 0.935 bits per heavy atom. The minimum atomic E-state index is 0.0985. The van der Waals surface area contributed by atoms with Gasteiger partial charge in [0, 0.05) is 49.4 Å². The van der Waals surface area contributed by atoms with Crippen LogP contribution in [0.3, 0.4) is 0 Å². The van der Waals surface area contributed by atoms with E-state index < -0.39 is 0 Å². The van der Waals surface area contributed by atoms with Crippen LogP contribution in [-0.4, -0.2) is 54.4 Å². The normalized spacial score (nSPS) is 25.1. The minimum absolute atomic E-state index is 0.0985. The predicted molar refractivity (Wildman–Crippen MR) is 123 cm³/mol. The fourth-order valence-corrected chi connectivity index (χ4v) is 6.77. The molecule has 2 saturated carbocycles. The summed E-state index contributed by atoms with van der Waals surface area (Å²) in [4.78, 5) is 35.9. The third-order valence-electron chi connectivity index (χ3n) is 7.91. The van der Waals surface area contributed by atoms with Crippen molar-refractivity contribution in [2.24, 2.45) is 17.8 Å². The number of nitrogens with one attached hydrogen (secondary N) is 1. The van der Waals surface area contributed by atoms with Crippen molar-refractivity contribution in [2.75, 3.05) is 37.6 Å². The Labute approximate surface area is 189 Å². The first kappa shape index (κ1) is 21.2. The van der Waals surface area contributed by atoms with E-state index in [1.165, 1.54) is 49.1 Å². The third-order valence-corrected chi connectivity index (χ3v) is 9.09. The van der Waals surface area contributed by atoms with Crippen LogP contribution in [0.5, 0.6) is 0 Å². The maximum Gasteiger partial charge on any atom is 0.225 e. The minimum Gasteiger partial charge on any atom is -0.356 e. The van der Waals surface area contributed by atoms with E-state index in [0.29, 0.717) is 17.7 Å². The smallest absolute Gasteiger partial charge is 0.225 e. The number of thiazole rings is 1. The monoisotopic (exact) mass is 444 g/mol. The van der Waals surface area contributed by atoms with Crippen LogP contribution in [0.4, 0.5) is 5.13 Å². The molecule has 31 heavy (non-hydrogen) atoms. The van der Waals surface area contributed by atoms with Crippen LogP contribution in [0.15, 0.2) is 0 Å². The Hall–Kier alpha value is -1.63. The number of aromatic nitrogens is 1. The molecule has 4 aliphatic rings. The van der Waals surface area contributed by atoms with E-state index in [1.54, 1.807) is 11.3 Å². The summed E-state index contributed by atoms with van der Waals surface area (Å²) < 4.78 is 0. The molecule has 6 nitrogen and oxygen atoms in total. The van der Waals surface area contributed by atoms with Crippen LogP contribution in [0.25, 0.3) is 0 Å². The number of rotatable bonds is 5. The van der Waals surface area contributed by atoms with E-state index in [0.717, 1.165) is 70.0 Å². The van der Waals surface area contributed by atoms with Crippen LogP contribution >= 0.6 is 11.3 Å². The van der Waals surface area contributed by atoms with Gasteiger partial charge in [-0.05, 0) is 50.9 Å². The van der Waals surface area contributed by atoms with E-state index in [4.69, 9.17) is 4.98 Å².